The molecule has 1 heterocycles. The molecule has 0 spiro atoms. The number of benzene rings is 1. The fourth-order valence-electron chi connectivity index (χ4n) is 2.03. The molecular weight excluding hydrogens is 260 g/mol. The van der Waals surface area contributed by atoms with E-state index in [2.05, 4.69) is 60.0 Å². The molecule has 0 radical (unpaired) electrons. The molecule has 0 aliphatic heterocycles. The number of nitrogens with one attached hydrogen (secondary N) is 1. The standard InChI is InChI=1S/C17H24N4/c1-13-8-6-7-9-15(13)21(5)16-12-18-14(10-19-16)11-20-17(2,3)4/h6-10,12,20H,11H2,1-5H3. The van der Waals surface area contributed by atoms with E-state index in [-0.39, 0.29) is 5.54 Å². The zero-order valence-corrected chi connectivity index (χ0v) is 13.5. The molecule has 0 aliphatic carbocycles. The van der Waals surface area contributed by atoms with E-state index in [1.807, 2.05) is 31.6 Å². The minimum atomic E-state index is 0.0816. The number of aromatic nitrogens is 2. The SMILES string of the molecule is Cc1ccccc1N(C)c1cnc(CNC(C)(C)C)cn1. The molecule has 0 fully saturated rings. The van der Waals surface area contributed by atoms with E-state index in [0.717, 1.165) is 23.7 Å². The molecule has 0 saturated carbocycles. The van der Waals surface area contributed by atoms with Crippen LogP contribution in [0.25, 0.3) is 0 Å². The molecule has 2 rings (SSSR count). The van der Waals surface area contributed by atoms with Gasteiger partial charge in [0, 0.05) is 24.8 Å². The van der Waals surface area contributed by atoms with E-state index in [9.17, 15) is 0 Å². The number of anilines is 2. The van der Waals surface area contributed by atoms with Gasteiger partial charge in [-0.25, -0.2) is 4.98 Å². The lowest BCUT2D eigenvalue weighted by molar-refractivity contribution is 0.421. The maximum absolute atomic E-state index is 4.52. The fourth-order valence-corrected chi connectivity index (χ4v) is 2.03. The molecule has 4 nitrogen and oxygen atoms in total. The molecule has 0 unspecified atom stereocenters. The van der Waals surface area contributed by atoms with Gasteiger partial charge in [0.15, 0.2) is 5.82 Å². The summed E-state index contributed by atoms with van der Waals surface area (Å²) in [6.07, 6.45) is 3.66. The topological polar surface area (TPSA) is 41.1 Å². The number of hydrogen-bond acceptors (Lipinski definition) is 4. The highest BCUT2D eigenvalue weighted by atomic mass is 15.2. The maximum atomic E-state index is 4.52. The maximum Gasteiger partial charge on any atom is 0.151 e. The van der Waals surface area contributed by atoms with E-state index in [1.54, 1.807) is 0 Å². The molecule has 0 aliphatic rings. The molecular formula is C17H24N4. The number of para-hydroxylation sites is 1. The van der Waals surface area contributed by atoms with Gasteiger partial charge in [0.25, 0.3) is 0 Å². The monoisotopic (exact) mass is 284 g/mol. The molecule has 0 atom stereocenters. The first-order chi connectivity index (χ1) is 9.87. The van der Waals surface area contributed by atoms with Crippen molar-refractivity contribution in [2.24, 2.45) is 0 Å². The summed E-state index contributed by atoms with van der Waals surface area (Å²) in [6.45, 7) is 9.24. The Morgan fingerprint density at radius 3 is 2.38 bits per heavy atom. The van der Waals surface area contributed by atoms with Crippen LogP contribution in [0.2, 0.25) is 0 Å². The molecule has 0 amide bonds. The Balaban J connectivity index is 2.10. The van der Waals surface area contributed by atoms with Crippen molar-refractivity contribution >= 4 is 11.5 Å². The van der Waals surface area contributed by atoms with E-state index in [4.69, 9.17) is 0 Å². The van der Waals surface area contributed by atoms with Crippen molar-refractivity contribution in [1.82, 2.24) is 15.3 Å². The van der Waals surface area contributed by atoms with Crippen LogP contribution in [0.3, 0.4) is 0 Å². The van der Waals surface area contributed by atoms with Gasteiger partial charge in [-0.15, -0.1) is 0 Å². The first-order valence-electron chi connectivity index (χ1n) is 7.22. The highest BCUT2D eigenvalue weighted by molar-refractivity contribution is 5.62. The van der Waals surface area contributed by atoms with Gasteiger partial charge in [0.1, 0.15) is 0 Å². The van der Waals surface area contributed by atoms with Crippen molar-refractivity contribution < 1.29 is 0 Å². The molecule has 112 valence electrons. The smallest absolute Gasteiger partial charge is 0.151 e. The summed E-state index contributed by atoms with van der Waals surface area (Å²) < 4.78 is 0. The van der Waals surface area contributed by atoms with E-state index in [1.165, 1.54) is 5.56 Å². The molecule has 1 aromatic carbocycles. The van der Waals surface area contributed by atoms with Gasteiger partial charge in [-0.1, -0.05) is 18.2 Å². The van der Waals surface area contributed by atoms with Gasteiger partial charge in [-0.05, 0) is 39.3 Å². The lowest BCUT2D eigenvalue weighted by Crippen LogP contribution is -2.35. The largest absolute Gasteiger partial charge is 0.328 e. The molecule has 4 heteroatoms. The lowest BCUT2D eigenvalue weighted by atomic mass is 10.1. The summed E-state index contributed by atoms with van der Waals surface area (Å²) in [5.41, 5.74) is 3.40. The van der Waals surface area contributed by atoms with Crippen LogP contribution in [0.1, 0.15) is 32.0 Å². The minimum Gasteiger partial charge on any atom is -0.328 e. The van der Waals surface area contributed by atoms with Gasteiger partial charge in [0.2, 0.25) is 0 Å². The highest BCUT2D eigenvalue weighted by Gasteiger charge is 2.11. The molecule has 1 aromatic heterocycles. The Bertz CT molecular complexity index is 584. The zero-order chi connectivity index (χ0) is 15.5. The summed E-state index contributed by atoms with van der Waals surface area (Å²) in [7, 11) is 2.01. The number of hydrogen-bond donors (Lipinski definition) is 1. The normalized spacial score (nSPS) is 11.5. The highest BCUT2D eigenvalue weighted by Crippen LogP contribution is 2.24. The Kier molecular flexibility index (Phi) is 4.58. The van der Waals surface area contributed by atoms with Crippen molar-refractivity contribution in [3.63, 3.8) is 0 Å². The Labute approximate surface area is 127 Å². The van der Waals surface area contributed by atoms with Crippen molar-refractivity contribution in [2.45, 2.75) is 39.8 Å². The third-order valence-corrected chi connectivity index (χ3v) is 3.31. The third kappa shape index (κ3) is 4.26. The van der Waals surface area contributed by atoms with Gasteiger partial charge >= 0.3 is 0 Å². The van der Waals surface area contributed by atoms with E-state index >= 15 is 0 Å². The van der Waals surface area contributed by atoms with Crippen LogP contribution < -0.4 is 10.2 Å². The summed E-state index contributed by atoms with van der Waals surface area (Å²) in [4.78, 5) is 11.1. The van der Waals surface area contributed by atoms with Crippen LogP contribution in [-0.4, -0.2) is 22.6 Å². The second-order valence-electron chi connectivity index (χ2n) is 6.31. The Morgan fingerprint density at radius 2 is 1.81 bits per heavy atom. The van der Waals surface area contributed by atoms with Gasteiger partial charge < -0.3 is 10.2 Å². The van der Waals surface area contributed by atoms with Crippen LogP contribution in [0, 0.1) is 6.92 Å². The second kappa shape index (κ2) is 6.22. The van der Waals surface area contributed by atoms with E-state index in [0.29, 0.717) is 0 Å². The quantitative estimate of drug-likeness (QED) is 0.933. The average Bonchev–Trinajstić information content (AvgIpc) is 2.45. The van der Waals surface area contributed by atoms with Gasteiger partial charge in [-0.2, -0.15) is 0 Å². The fraction of sp³-hybridized carbons (Fsp3) is 0.412. The van der Waals surface area contributed by atoms with Crippen molar-refractivity contribution in [2.75, 3.05) is 11.9 Å². The summed E-state index contributed by atoms with van der Waals surface area (Å²) in [5.74, 6) is 0.851. The van der Waals surface area contributed by atoms with Crippen molar-refractivity contribution in [3.8, 4) is 0 Å². The Morgan fingerprint density at radius 1 is 1.10 bits per heavy atom. The molecule has 0 bridgehead atoms. The third-order valence-electron chi connectivity index (χ3n) is 3.31. The van der Waals surface area contributed by atoms with Crippen molar-refractivity contribution in [3.05, 3.63) is 47.9 Å². The second-order valence-corrected chi connectivity index (χ2v) is 6.31. The average molecular weight is 284 g/mol. The predicted octanol–water partition coefficient (Wildman–Crippen LogP) is 3.44. The van der Waals surface area contributed by atoms with Crippen LogP contribution in [0.4, 0.5) is 11.5 Å². The number of rotatable bonds is 4. The van der Waals surface area contributed by atoms with Crippen LogP contribution >= 0.6 is 0 Å². The van der Waals surface area contributed by atoms with Crippen LogP contribution in [0.15, 0.2) is 36.7 Å². The minimum absolute atomic E-state index is 0.0816. The van der Waals surface area contributed by atoms with E-state index < -0.39 is 0 Å². The molecule has 0 saturated heterocycles. The lowest BCUT2D eigenvalue weighted by Gasteiger charge is -2.21. The van der Waals surface area contributed by atoms with Gasteiger partial charge in [-0.3, -0.25) is 4.98 Å². The Hall–Kier alpha value is -1.94. The molecule has 21 heavy (non-hydrogen) atoms. The first kappa shape index (κ1) is 15.4. The number of aryl methyl sites for hydroxylation is 1. The summed E-state index contributed by atoms with van der Waals surface area (Å²) >= 11 is 0. The first-order valence-corrected chi connectivity index (χ1v) is 7.22. The van der Waals surface area contributed by atoms with Crippen molar-refractivity contribution in [1.29, 1.82) is 0 Å². The van der Waals surface area contributed by atoms with Crippen LogP contribution in [0.5, 0.6) is 0 Å². The predicted molar refractivity (Wildman–Crippen MR) is 87.9 cm³/mol. The molecule has 2 aromatic rings. The zero-order valence-electron chi connectivity index (χ0n) is 13.5. The van der Waals surface area contributed by atoms with Gasteiger partial charge in [0.05, 0.1) is 18.1 Å². The number of nitrogens with zero attached hydrogens (tertiary/aromatic N) is 3. The molecule has 1 N–H and O–H groups in total. The summed E-state index contributed by atoms with van der Waals surface area (Å²) in [6, 6.07) is 8.26. The van der Waals surface area contributed by atoms with Crippen LogP contribution in [-0.2, 0) is 6.54 Å². The summed E-state index contributed by atoms with van der Waals surface area (Å²) in [5, 5.41) is 3.41.